The SMILES string of the molecule is CCN(CC)S(=O)(=O)c1cccc(C(=O)Nc2ccnn2Cc2ccccc2)c1. The monoisotopic (exact) mass is 412 g/mol. The maximum atomic E-state index is 12.7. The molecule has 7 nitrogen and oxygen atoms in total. The molecule has 0 radical (unpaired) electrons. The Bertz CT molecular complexity index is 1070. The maximum absolute atomic E-state index is 12.7. The second-order valence-electron chi connectivity index (χ2n) is 6.43. The number of benzene rings is 2. The molecule has 1 heterocycles. The van der Waals surface area contributed by atoms with Crippen LogP contribution in [0.3, 0.4) is 0 Å². The molecule has 3 aromatic rings. The molecule has 0 fully saturated rings. The van der Waals surface area contributed by atoms with Gasteiger partial charge in [-0.3, -0.25) is 4.79 Å². The first-order valence-corrected chi connectivity index (χ1v) is 10.9. The van der Waals surface area contributed by atoms with Gasteiger partial charge in [0.05, 0.1) is 17.6 Å². The van der Waals surface area contributed by atoms with Crippen LogP contribution >= 0.6 is 0 Å². The van der Waals surface area contributed by atoms with Gasteiger partial charge in [-0.2, -0.15) is 9.40 Å². The smallest absolute Gasteiger partial charge is 0.256 e. The van der Waals surface area contributed by atoms with Gasteiger partial charge < -0.3 is 5.32 Å². The number of hydrogen-bond donors (Lipinski definition) is 1. The number of carbonyl (C=O) groups is 1. The molecule has 0 aliphatic rings. The average molecular weight is 413 g/mol. The highest BCUT2D eigenvalue weighted by Crippen LogP contribution is 2.18. The van der Waals surface area contributed by atoms with E-state index in [0.29, 0.717) is 25.5 Å². The van der Waals surface area contributed by atoms with Crippen molar-refractivity contribution in [2.24, 2.45) is 0 Å². The first-order valence-electron chi connectivity index (χ1n) is 9.43. The fraction of sp³-hybridized carbons (Fsp3) is 0.238. The van der Waals surface area contributed by atoms with Gasteiger partial charge in [0.2, 0.25) is 10.0 Å². The van der Waals surface area contributed by atoms with Crippen LogP contribution in [0, 0.1) is 0 Å². The Labute approximate surface area is 171 Å². The van der Waals surface area contributed by atoms with Crippen LogP contribution in [-0.4, -0.2) is 41.5 Å². The van der Waals surface area contributed by atoms with Crippen molar-refractivity contribution >= 4 is 21.7 Å². The topological polar surface area (TPSA) is 84.3 Å². The minimum Gasteiger partial charge on any atom is -0.307 e. The van der Waals surface area contributed by atoms with Crippen molar-refractivity contribution in [3.05, 3.63) is 78.0 Å². The van der Waals surface area contributed by atoms with Gasteiger partial charge in [-0.05, 0) is 23.8 Å². The van der Waals surface area contributed by atoms with E-state index in [-0.39, 0.29) is 10.5 Å². The highest BCUT2D eigenvalue weighted by molar-refractivity contribution is 7.89. The zero-order valence-corrected chi connectivity index (χ0v) is 17.3. The second-order valence-corrected chi connectivity index (χ2v) is 8.37. The predicted molar refractivity (Wildman–Crippen MR) is 112 cm³/mol. The molecule has 0 saturated carbocycles. The molecule has 0 aliphatic carbocycles. The summed E-state index contributed by atoms with van der Waals surface area (Å²) in [6, 6.07) is 17.6. The molecule has 0 atom stereocenters. The van der Waals surface area contributed by atoms with E-state index >= 15 is 0 Å². The Balaban J connectivity index is 1.80. The Kier molecular flexibility index (Phi) is 6.46. The number of sulfonamides is 1. The van der Waals surface area contributed by atoms with Crippen molar-refractivity contribution in [2.45, 2.75) is 25.3 Å². The molecule has 0 unspecified atom stereocenters. The molecule has 8 heteroatoms. The Hall–Kier alpha value is -2.97. The zero-order valence-electron chi connectivity index (χ0n) is 16.4. The number of rotatable bonds is 8. The van der Waals surface area contributed by atoms with Gasteiger partial charge in [-0.25, -0.2) is 13.1 Å². The van der Waals surface area contributed by atoms with Gasteiger partial charge in [-0.1, -0.05) is 50.2 Å². The molecule has 0 spiro atoms. The lowest BCUT2D eigenvalue weighted by Crippen LogP contribution is -2.30. The first-order chi connectivity index (χ1) is 14.0. The second kappa shape index (κ2) is 9.02. The van der Waals surface area contributed by atoms with Crippen LogP contribution in [0.2, 0.25) is 0 Å². The minimum atomic E-state index is -3.63. The van der Waals surface area contributed by atoms with Crippen molar-refractivity contribution in [3.8, 4) is 0 Å². The molecule has 1 aromatic heterocycles. The summed E-state index contributed by atoms with van der Waals surface area (Å²) in [6.07, 6.45) is 1.61. The number of amides is 1. The van der Waals surface area contributed by atoms with Gasteiger partial charge in [0.15, 0.2) is 0 Å². The summed E-state index contributed by atoms with van der Waals surface area (Å²) in [5, 5.41) is 7.08. The normalized spacial score (nSPS) is 11.6. The van der Waals surface area contributed by atoms with Crippen molar-refractivity contribution in [2.75, 3.05) is 18.4 Å². The van der Waals surface area contributed by atoms with Crippen LogP contribution in [0.25, 0.3) is 0 Å². The maximum Gasteiger partial charge on any atom is 0.256 e. The number of hydrogen-bond acceptors (Lipinski definition) is 4. The van der Waals surface area contributed by atoms with Gasteiger partial charge in [0, 0.05) is 24.7 Å². The molecule has 152 valence electrons. The highest BCUT2D eigenvalue weighted by atomic mass is 32.2. The Morgan fingerprint density at radius 1 is 1.03 bits per heavy atom. The Morgan fingerprint density at radius 3 is 2.45 bits per heavy atom. The third kappa shape index (κ3) is 4.72. The third-order valence-electron chi connectivity index (χ3n) is 4.57. The van der Waals surface area contributed by atoms with Crippen molar-refractivity contribution < 1.29 is 13.2 Å². The summed E-state index contributed by atoms with van der Waals surface area (Å²) in [6.45, 7) is 4.82. The molecule has 1 N–H and O–H groups in total. The number of nitrogens with one attached hydrogen (secondary N) is 1. The molecule has 0 bridgehead atoms. The van der Waals surface area contributed by atoms with E-state index in [4.69, 9.17) is 0 Å². The van der Waals surface area contributed by atoms with Crippen molar-refractivity contribution in [1.82, 2.24) is 14.1 Å². The fourth-order valence-corrected chi connectivity index (χ4v) is 4.52. The molecule has 29 heavy (non-hydrogen) atoms. The molecule has 0 saturated heterocycles. The minimum absolute atomic E-state index is 0.103. The van der Waals surface area contributed by atoms with Gasteiger partial charge >= 0.3 is 0 Å². The molecule has 2 aromatic carbocycles. The highest BCUT2D eigenvalue weighted by Gasteiger charge is 2.22. The van der Waals surface area contributed by atoms with E-state index in [1.54, 1.807) is 42.9 Å². The summed E-state index contributed by atoms with van der Waals surface area (Å²) < 4.78 is 28.5. The Morgan fingerprint density at radius 2 is 1.76 bits per heavy atom. The average Bonchev–Trinajstić information content (AvgIpc) is 3.16. The van der Waals surface area contributed by atoms with Crippen LogP contribution < -0.4 is 5.32 Å². The number of nitrogens with zero attached hydrogens (tertiary/aromatic N) is 3. The lowest BCUT2D eigenvalue weighted by molar-refractivity contribution is 0.102. The van der Waals surface area contributed by atoms with Crippen LogP contribution in [-0.2, 0) is 16.6 Å². The number of aromatic nitrogens is 2. The number of anilines is 1. The summed E-state index contributed by atoms with van der Waals surface area (Å²) >= 11 is 0. The summed E-state index contributed by atoms with van der Waals surface area (Å²) in [7, 11) is -3.63. The van der Waals surface area contributed by atoms with E-state index < -0.39 is 15.9 Å². The molecular formula is C21H24N4O3S. The van der Waals surface area contributed by atoms with Gasteiger partial charge in [0.1, 0.15) is 5.82 Å². The third-order valence-corrected chi connectivity index (χ3v) is 6.62. The van der Waals surface area contributed by atoms with E-state index in [0.717, 1.165) is 5.56 Å². The van der Waals surface area contributed by atoms with Crippen LogP contribution in [0.1, 0.15) is 29.8 Å². The van der Waals surface area contributed by atoms with E-state index in [9.17, 15) is 13.2 Å². The van der Waals surface area contributed by atoms with E-state index in [1.807, 2.05) is 30.3 Å². The lowest BCUT2D eigenvalue weighted by Gasteiger charge is -2.18. The summed E-state index contributed by atoms with van der Waals surface area (Å²) in [4.78, 5) is 12.8. The van der Waals surface area contributed by atoms with Crippen LogP contribution in [0.4, 0.5) is 5.82 Å². The quantitative estimate of drug-likeness (QED) is 0.616. The van der Waals surface area contributed by atoms with Crippen LogP contribution in [0.5, 0.6) is 0 Å². The summed E-state index contributed by atoms with van der Waals surface area (Å²) in [5.41, 5.74) is 1.32. The van der Waals surface area contributed by atoms with Gasteiger partial charge in [-0.15, -0.1) is 0 Å². The molecular weight excluding hydrogens is 388 g/mol. The predicted octanol–water partition coefficient (Wildman–Crippen LogP) is 3.21. The largest absolute Gasteiger partial charge is 0.307 e. The fourth-order valence-electron chi connectivity index (χ4n) is 3.02. The standard InChI is InChI=1S/C21H24N4O3S/c1-3-24(4-2)29(27,28)19-12-8-11-18(15-19)21(26)23-20-13-14-22-25(20)16-17-9-6-5-7-10-17/h5-15H,3-4,16H2,1-2H3,(H,23,26). The van der Waals surface area contributed by atoms with Crippen LogP contribution in [0.15, 0.2) is 71.8 Å². The molecule has 0 aliphatic heterocycles. The van der Waals surface area contributed by atoms with E-state index in [2.05, 4.69) is 10.4 Å². The van der Waals surface area contributed by atoms with E-state index in [1.165, 1.54) is 16.4 Å². The summed E-state index contributed by atoms with van der Waals surface area (Å²) in [5.74, 6) is 0.146. The number of carbonyl (C=O) groups excluding carboxylic acids is 1. The molecule has 1 amide bonds. The first kappa shape index (κ1) is 20.8. The van der Waals surface area contributed by atoms with Crippen molar-refractivity contribution in [1.29, 1.82) is 0 Å². The zero-order chi connectivity index (χ0) is 20.9. The lowest BCUT2D eigenvalue weighted by atomic mass is 10.2. The van der Waals surface area contributed by atoms with Crippen molar-refractivity contribution in [3.63, 3.8) is 0 Å². The van der Waals surface area contributed by atoms with Gasteiger partial charge in [0.25, 0.3) is 5.91 Å². The molecule has 3 rings (SSSR count).